The summed E-state index contributed by atoms with van der Waals surface area (Å²) in [5, 5.41) is 6.13. The van der Waals surface area contributed by atoms with Crippen molar-refractivity contribution in [2.24, 2.45) is 5.92 Å². The van der Waals surface area contributed by atoms with Crippen molar-refractivity contribution < 1.29 is 9.18 Å². The monoisotopic (exact) mass is 279 g/mol. The summed E-state index contributed by atoms with van der Waals surface area (Å²) < 4.78 is 13.5. The van der Waals surface area contributed by atoms with E-state index in [1.165, 1.54) is 6.07 Å². The Bertz CT molecular complexity index is 476. The summed E-state index contributed by atoms with van der Waals surface area (Å²) in [5.41, 5.74) is 1.85. The van der Waals surface area contributed by atoms with E-state index in [1.807, 2.05) is 4.90 Å². The zero-order valence-electron chi connectivity index (χ0n) is 12.1. The van der Waals surface area contributed by atoms with Gasteiger partial charge in [0, 0.05) is 25.3 Å². The van der Waals surface area contributed by atoms with E-state index in [0.29, 0.717) is 25.6 Å². The van der Waals surface area contributed by atoms with E-state index in [2.05, 4.69) is 24.5 Å². The molecular formula is C15H22FN3O. The highest BCUT2D eigenvalue weighted by Gasteiger charge is 2.19. The maximum Gasteiger partial charge on any atom is 0.239 e. The Kier molecular flexibility index (Phi) is 4.95. The van der Waals surface area contributed by atoms with Gasteiger partial charge < -0.3 is 15.5 Å². The number of nitrogens with zero attached hydrogens (tertiary/aromatic N) is 1. The second-order valence-electron chi connectivity index (χ2n) is 5.57. The van der Waals surface area contributed by atoms with Gasteiger partial charge in [0.25, 0.3) is 0 Å². The Morgan fingerprint density at radius 3 is 2.95 bits per heavy atom. The highest BCUT2D eigenvalue weighted by Crippen LogP contribution is 2.22. The number of hydrogen-bond donors (Lipinski definition) is 2. The van der Waals surface area contributed by atoms with E-state index >= 15 is 0 Å². The molecule has 0 aliphatic carbocycles. The van der Waals surface area contributed by atoms with Crippen molar-refractivity contribution in [3.8, 4) is 0 Å². The van der Waals surface area contributed by atoms with Crippen LogP contribution in [0.15, 0.2) is 18.2 Å². The van der Waals surface area contributed by atoms with E-state index in [0.717, 1.165) is 24.3 Å². The van der Waals surface area contributed by atoms with E-state index in [4.69, 9.17) is 0 Å². The first-order chi connectivity index (χ1) is 9.56. The number of carbonyl (C=O) groups is 1. The van der Waals surface area contributed by atoms with Crippen LogP contribution < -0.4 is 15.5 Å². The molecule has 1 amide bonds. The number of halogens is 1. The third-order valence-electron chi connectivity index (χ3n) is 3.29. The van der Waals surface area contributed by atoms with Crippen molar-refractivity contribution in [1.82, 2.24) is 10.6 Å². The lowest BCUT2D eigenvalue weighted by molar-refractivity contribution is -0.120. The summed E-state index contributed by atoms with van der Waals surface area (Å²) in [7, 11) is 0. The number of nitrogens with one attached hydrogen (secondary N) is 2. The molecular weight excluding hydrogens is 257 g/mol. The topological polar surface area (TPSA) is 44.4 Å². The first-order valence-corrected chi connectivity index (χ1v) is 7.07. The van der Waals surface area contributed by atoms with Gasteiger partial charge in [-0.25, -0.2) is 4.39 Å². The van der Waals surface area contributed by atoms with Gasteiger partial charge >= 0.3 is 0 Å². The number of rotatable bonds is 5. The smallest absolute Gasteiger partial charge is 0.239 e. The molecule has 0 unspecified atom stereocenters. The van der Waals surface area contributed by atoms with E-state index in [-0.39, 0.29) is 11.7 Å². The summed E-state index contributed by atoms with van der Waals surface area (Å²) in [6, 6.07) is 4.77. The summed E-state index contributed by atoms with van der Waals surface area (Å²) in [4.78, 5) is 13.5. The Labute approximate surface area is 119 Å². The van der Waals surface area contributed by atoms with Crippen LogP contribution in [0.5, 0.6) is 0 Å². The molecule has 1 aromatic rings. The van der Waals surface area contributed by atoms with Crippen LogP contribution >= 0.6 is 0 Å². The molecule has 0 radical (unpaired) electrons. The first kappa shape index (κ1) is 14.8. The maximum atomic E-state index is 13.5. The lowest BCUT2D eigenvalue weighted by atomic mass is 10.1. The fourth-order valence-electron chi connectivity index (χ4n) is 2.34. The Balaban J connectivity index is 2.12. The molecule has 0 saturated carbocycles. The molecule has 0 spiro atoms. The van der Waals surface area contributed by atoms with Gasteiger partial charge in [0.05, 0.1) is 6.54 Å². The van der Waals surface area contributed by atoms with Crippen LogP contribution in [-0.4, -0.2) is 32.1 Å². The average molecular weight is 279 g/mol. The number of hydrogen-bond acceptors (Lipinski definition) is 3. The lowest BCUT2D eigenvalue weighted by Crippen LogP contribution is -2.48. The molecule has 4 nitrogen and oxygen atoms in total. The van der Waals surface area contributed by atoms with Crippen LogP contribution in [0.1, 0.15) is 19.4 Å². The minimum atomic E-state index is -0.239. The van der Waals surface area contributed by atoms with Crippen molar-refractivity contribution in [3.63, 3.8) is 0 Å². The van der Waals surface area contributed by atoms with Crippen molar-refractivity contribution in [3.05, 3.63) is 29.6 Å². The largest absolute Gasteiger partial charge is 0.360 e. The van der Waals surface area contributed by atoms with E-state index in [9.17, 15) is 9.18 Å². The predicted octanol–water partition coefficient (Wildman–Crippen LogP) is 1.51. The quantitative estimate of drug-likeness (QED) is 0.858. The molecule has 1 aromatic carbocycles. The van der Waals surface area contributed by atoms with Gasteiger partial charge in [-0.05, 0) is 36.2 Å². The molecule has 2 rings (SSSR count). The number of amides is 1. The molecule has 20 heavy (non-hydrogen) atoms. The van der Waals surface area contributed by atoms with Crippen LogP contribution in [0.25, 0.3) is 0 Å². The Morgan fingerprint density at radius 1 is 1.45 bits per heavy atom. The molecule has 1 aliphatic rings. The summed E-state index contributed by atoms with van der Waals surface area (Å²) in [6.45, 7) is 7.50. The fourth-order valence-corrected chi connectivity index (χ4v) is 2.34. The van der Waals surface area contributed by atoms with Gasteiger partial charge in [-0.1, -0.05) is 13.8 Å². The zero-order chi connectivity index (χ0) is 14.5. The Morgan fingerprint density at radius 2 is 2.25 bits per heavy atom. The standard InChI is InChI=1S/C15H22FN3O/c1-11(2)8-17-9-12-7-13(16)3-4-14(12)19-6-5-18-15(20)10-19/h3-4,7,11,17H,5-6,8-10H2,1-2H3,(H,18,20). The van der Waals surface area contributed by atoms with E-state index in [1.54, 1.807) is 12.1 Å². The van der Waals surface area contributed by atoms with Crippen LogP contribution in [0, 0.1) is 11.7 Å². The number of carbonyl (C=O) groups excluding carboxylic acids is 1. The number of anilines is 1. The second-order valence-corrected chi connectivity index (χ2v) is 5.57. The summed E-state index contributed by atoms with van der Waals surface area (Å²) in [5.74, 6) is 0.325. The van der Waals surface area contributed by atoms with Crippen molar-refractivity contribution in [2.45, 2.75) is 20.4 Å². The van der Waals surface area contributed by atoms with Crippen molar-refractivity contribution in [1.29, 1.82) is 0 Å². The second kappa shape index (κ2) is 6.70. The van der Waals surface area contributed by atoms with Gasteiger partial charge in [0.1, 0.15) is 5.82 Å². The predicted molar refractivity (Wildman–Crippen MR) is 78.2 cm³/mol. The van der Waals surface area contributed by atoms with Gasteiger partial charge in [0.2, 0.25) is 5.91 Å². The lowest BCUT2D eigenvalue weighted by Gasteiger charge is -2.30. The number of piperazine rings is 1. The molecule has 1 heterocycles. The fraction of sp³-hybridized carbons (Fsp3) is 0.533. The molecule has 5 heteroatoms. The van der Waals surface area contributed by atoms with Gasteiger partial charge in [-0.15, -0.1) is 0 Å². The molecule has 0 aromatic heterocycles. The first-order valence-electron chi connectivity index (χ1n) is 7.07. The van der Waals surface area contributed by atoms with Crippen LogP contribution in [0.2, 0.25) is 0 Å². The van der Waals surface area contributed by atoms with Crippen molar-refractivity contribution in [2.75, 3.05) is 31.1 Å². The third kappa shape index (κ3) is 3.93. The molecule has 0 atom stereocenters. The molecule has 110 valence electrons. The third-order valence-corrected chi connectivity index (χ3v) is 3.29. The molecule has 0 bridgehead atoms. The maximum absolute atomic E-state index is 13.5. The summed E-state index contributed by atoms with van der Waals surface area (Å²) in [6.07, 6.45) is 0. The minimum Gasteiger partial charge on any atom is -0.360 e. The molecule has 1 aliphatic heterocycles. The van der Waals surface area contributed by atoms with Gasteiger partial charge in [0.15, 0.2) is 0 Å². The zero-order valence-corrected chi connectivity index (χ0v) is 12.1. The number of benzene rings is 1. The molecule has 1 saturated heterocycles. The van der Waals surface area contributed by atoms with E-state index < -0.39 is 0 Å². The van der Waals surface area contributed by atoms with Crippen LogP contribution in [-0.2, 0) is 11.3 Å². The molecule has 2 N–H and O–H groups in total. The summed E-state index contributed by atoms with van der Waals surface area (Å²) >= 11 is 0. The van der Waals surface area contributed by atoms with Gasteiger partial charge in [-0.3, -0.25) is 4.79 Å². The Hall–Kier alpha value is -1.62. The normalized spacial score (nSPS) is 15.6. The minimum absolute atomic E-state index is 0.0154. The average Bonchev–Trinajstić information content (AvgIpc) is 2.38. The SMILES string of the molecule is CC(C)CNCc1cc(F)ccc1N1CCNC(=O)C1. The molecule has 1 fully saturated rings. The highest BCUT2D eigenvalue weighted by molar-refractivity contribution is 5.83. The van der Waals surface area contributed by atoms with Crippen LogP contribution in [0.3, 0.4) is 0 Å². The van der Waals surface area contributed by atoms with Gasteiger partial charge in [-0.2, -0.15) is 0 Å². The van der Waals surface area contributed by atoms with Crippen molar-refractivity contribution >= 4 is 11.6 Å². The highest BCUT2D eigenvalue weighted by atomic mass is 19.1. The van der Waals surface area contributed by atoms with Crippen LogP contribution in [0.4, 0.5) is 10.1 Å².